The number of pyridine rings is 1. The van der Waals surface area contributed by atoms with E-state index in [9.17, 15) is 10.0 Å². The number of ether oxygens (including phenoxy) is 1. The Kier molecular flexibility index (Phi) is 6.12. The zero-order chi connectivity index (χ0) is 16.1. The van der Waals surface area contributed by atoms with Gasteiger partial charge < -0.3 is 9.94 Å². The number of hydrogen-bond donors (Lipinski definition) is 0. The Balaban J connectivity index is 1.88. The fourth-order valence-electron chi connectivity index (χ4n) is 3.11. The van der Waals surface area contributed by atoms with Gasteiger partial charge in [-0.25, -0.2) is 0 Å². The molecular formula is C17H25NO3S. The fraction of sp³-hybridized carbons (Fsp3) is 0.647. The van der Waals surface area contributed by atoms with Crippen molar-refractivity contribution in [3.05, 3.63) is 29.6 Å². The average Bonchev–Trinajstić information content (AvgIpc) is 2.46. The number of esters is 1. The van der Waals surface area contributed by atoms with Crippen LogP contribution < -0.4 is 4.73 Å². The second-order valence-electron chi connectivity index (χ2n) is 6.51. The van der Waals surface area contributed by atoms with Gasteiger partial charge in [-0.05, 0) is 48.4 Å². The molecule has 0 bridgehead atoms. The van der Waals surface area contributed by atoms with Crippen molar-refractivity contribution < 1.29 is 14.3 Å². The minimum Gasteiger partial charge on any atom is -0.618 e. The van der Waals surface area contributed by atoms with E-state index in [0.29, 0.717) is 22.8 Å². The zero-order valence-corrected chi connectivity index (χ0v) is 14.3. The molecule has 0 amide bonds. The number of thioether (sulfide) groups is 1. The van der Waals surface area contributed by atoms with E-state index in [2.05, 4.69) is 20.8 Å². The van der Waals surface area contributed by atoms with E-state index in [0.717, 1.165) is 17.6 Å². The summed E-state index contributed by atoms with van der Waals surface area (Å²) in [5.41, 5.74) is 0. The lowest BCUT2D eigenvalue weighted by atomic mass is 9.75. The third-order valence-electron chi connectivity index (χ3n) is 4.37. The van der Waals surface area contributed by atoms with Crippen molar-refractivity contribution in [2.24, 2.45) is 17.8 Å². The van der Waals surface area contributed by atoms with Gasteiger partial charge >= 0.3 is 5.97 Å². The van der Waals surface area contributed by atoms with Crippen LogP contribution in [0.3, 0.4) is 0 Å². The molecule has 0 spiro atoms. The molecule has 1 aromatic rings. The van der Waals surface area contributed by atoms with E-state index >= 15 is 0 Å². The minimum absolute atomic E-state index is 0.0204. The second kappa shape index (κ2) is 7.86. The average molecular weight is 323 g/mol. The highest BCUT2D eigenvalue weighted by molar-refractivity contribution is 7.99. The molecule has 22 heavy (non-hydrogen) atoms. The van der Waals surface area contributed by atoms with Crippen LogP contribution in [0.15, 0.2) is 29.4 Å². The van der Waals surface area contributed by atoms with Gasteiger partial charge in [-0.2, -0.15) is 4.73 Å². The van der Waals surface area contributed by atoms with Gasteiger partial charge in [0.05, 0.1) is 0 Å². The maximum Gasteiger partial charge on any atom is 0.316 e. The standard InChI is InChI=1S/C17H25NO3S/c1-12(2)14-8-7-13(3)10-15(14)21-17(19)11-22-16-6-4-5-9-18(16)20/h4-6,9,12-15H,7-8,10-11H2,1-3H3/t13-,14+,15-/m1/s1. The predicted molar refractivity (Wildman–Crippen MR) is 87.3 cm³/mol. The molecular weight excluding hydrogens is 298 g/mol. The van der Waals surface area contributed by atoms with Gasteiger partial charge in [0.15, 0.2) is 6.20 Å². The molecule has 1 aromatic heterocycles. The van der Waals surface area contributed by atoms with Gasteiger partial charge in [0.2, 0.25) is 0 Å². The van der Waals surface area contributed by atoms with Gasteiger partial charge in [-0.3, -0.25) is 4.79 Å². The number of rotatable bonds is 5. The lowest BCUT2D eigenvalue weighted by Gasteiger charge is -2.36. The van der Waals surface area contributed by atoms with E-state index in [-0.39, 0.29) is 17.8 Å². The Morgan fingerprint density at radius 2 is 2.23 bits per heavy atom. The van der Waals surface area contributed by atoms with Crippen molar-refractivity contribution >= 4 is 17.7 Å². The van der Waals surface area contributed by atoms with Crippen molar-refractivity contribution in [3.8, 4) is 0 Å². The summed E-state index contributed by atoms with van der Waals surface area (Å²) in [6.07, 6.45) is 4.75. The number of nitrogens with zero attached hydrogens (tertiary/aromatic N) is 1. The van der Waals surface area contributed by atoms with Crippen LogP contribution in [0.2, 0.25) is 0 Å². The molecule has 0 radical (unpaired) electrons. The third-order valence-corrected chi connectivity index (χ3v) is 5.36. The maximum atomic E-state index is 12.1. The molecule has 1 aliphatic carbocycles. The molecule has 122 valence electrons. The Labute approximate surface area is 136 Å². The summed E-state index contributed by atoms with van der Waals surface area (Å²) in [5.74, 6) is 1.54. The second-order valence-corrected chi connectivity index (χ2v) is 7.50. The Bertz CT molecular complexity index is 506. The molecule has 4 nitrogen and oxygen atoms in total. The van der Waals surface area contributed by atoms with Gasteiger partial charge in [0.1, 0.15) is 11.9 Å². The van der Waals surface area contributed by atoms with Crippen LogP contribution in [0.5, 0.6) is 0 Å². The number of carbonyl (C=O) groups is 1. The number of aromatic nitrogens is 1. The first-order chi connectivity index (χ1) is 10.5. The van der Waals surface area contributed by atoms with Crippen LogP contribution in [-0.2, 0) is 9.53 Å². The topological polar surface area (TPSA) is 53.2 Å². The van der Waals surface area contributed by atoms with Gasteiger partial charge in [-0.15, -0.1) is 0 Å². The van der Waals surface area contributed by atoms with Crippen molar-refractivity contribution in [2.45, 2.75) is 51.2 Å². The Morgan fingerprint density at radius 3 is 2.91 bits per heavy atom. The zero-order valence-electron chi connectivity index (χ0n) is 13.5. The normalized spacial score (nSPS) is 25.2. The van der Waals surface area contributed by atoms with Gasteiger partial charge in [0, 0.05) is 12.1 Å². The van der Waals surface area contributed by atoms with Crippen LogP contribution in [-0.4, -0.2) is 17.8 Å². The summed E-state index contributed by atoms with van der Waals surface area (Å²) in [4.78, 5) is 12.1. The van der Waals surface area contributed by atoms with Gasteiger partial charge in [0.25, 0.3) is 5.03 Å². The van der Waals surface area contributed by atoms with Crippen LogP contribution in [0.25, 0.3) is 0 Å². The summed E-state index contributed by atoms with van der Waals surface area (Å²) in [6, 6.07) is 5.18. The van der Waals surface area contributed by atoms with Crippen molar-refractivity contribution in [2.75, 3.05) is 5.75 Å². The maximum absolute atomic E-state index is 12.1. The van der Waals surface area contributed by atoms with Crippen molar-refractivity contribution in [1.29, 1.82) is 0 Å². The van der Waals surface area contributed by atoms with Crippen molar-refractivity contribution in [1.82, 2.24) is 0 Å². The first-order valence-corrected chi connectivity index (χ1v) is 8.96. The fourth-order valence-corrected chi connectivity index (χ4v) is 3.81. The summed E-state index contributed by atoms with van der Waals surface area (Å²) in [6.45, 7) is 6.61. The van der Waals surface area contributed by atoms with Crippen LogP contribution in [0.1, 0.15) is 40.0 Å². The van der Waals surface area contributed by atoms with Crippen LogP contribution in [0, 0.1) is 23.0 Å². The highest BCUT2D eigenvalue weighted by Gasteiger charge is 2.33. The summed E-state index contributed by atoms with van der Waals surface area (Å²) in [7, 11) is 0. The molecule has 0 aromatic carbocycles. The largest absolute Gasteiger partial charge is 0.618 e. The molecule has 0 unspecified atom stereocenters. The summed E-state index contributed by atoms with van der Waals surface area (Å²) >= 11 is 1.23. The van der Waals surface area contributed by atoms with Crippen LogP contribution >= 0.6 is 11.8 Å². The van der Waals surface area contributed by atoms with E-state index in [1.54, 1.807) is 18.2 Å². The third kappa shape index (κ3) is 4.63. The minimum atomic E-state index is -0.224. The van der Waals surface area contributed by atoms with E-state index in [1.165, 1.54) is 24.4 Å². The highest BCUT2D eigenvalue weighted by Crippen LogP contribution is 2.35. The number of carbonyl (C=O) groups excluding carboxylic acids is 1. The number of hydrogen-bond acceptors (Lipinski definition) is 4. The first-order valence-electron chi connectivity index (χ1n) is 7.98. The summed E-state index contributed by atoms with van der Waals surface area (Å²) < 4.78 is 6.50. The smallest absolute Gasteiger partial charge is 0.316 e. The van der Waals surface area contributed by atoms with E-state index < -0.39 is 0 Å². The molecule has 1 fully saturated rings. The quantitative estimate of drug-likeness (QED) is 0.361. The SMILES string of the molecule is CC(C)[C@@H]1CC[C@@H](C)C[C@H]1OC(=O)CSc1cccc[n+]1[O-]. The molecule has 0 saturated heterocycles. The molecule has 3 atom stereocenters. The molecule has 1 heterocycles. The summed E-state index contributed by atoms with van der Waals surface area (Å²) in [5, 5.41) is 12.1. The highest BCUT2D eigenvalue weighted by atomic mass is 32.2. The lowest BCUT2D eigenvalue weighted by molar-refractivity contribution is -0.645. The molecule has 1 saturated carbocycles. The van der Waals surface area contributed by atoms with Crippen molar-refractivity contribution in [3.63, 3.8) is 0 Å². The monoisotopic (exact) mass is 323 g/mol. The van der Waals surface area contributed by atoms with Gasteiger partial charge in [-0.1, -0.05) is 27.2 Å². The molecule has 1 aliphatic rings. The van der Waals surface area contributed by atoms with E-state index in [1.807, 2.05) is 0 Å². The Hall–Kier alpha value is -1.23. The molecule has 0 aliphatic heterocycles. The van der Waals surface area contributed by atoms with Crippen LogP contribution in [0.4, 0.5) is 0 Å². The molecule has 2 rings (SSSR count). The molecule has 0 N–H and O–H groups in total. The first kappa shape index (κ1) is 17.1. The molecule has 5 heteroatoms. The predicted octanol–water partition coefficient (Wildman–Crippen LogP) is 3.42. The van der Waals surface area contributed by atoms with E-state index in [4.69, 9.17) is 4.74 Å². The lowest BCUT2D eigenvalue weighted by Crippen LogP contribution is -2.36. The Morgan fingerprint density at radius 1 is 1.45 bits per heavy atom.